The molecule has 1 atom stereocenters. The number of fused-ring (bicyclic) bond motifs is 1. The normalized spacial score (nSPS) is 15.7. The van der Waals surface area contributed by atoms with Crippen LogP contribution in [0.1, 0.15) is 27.2 Å². The minimum atomic E-state index is -0.984. The summed E-state index contributed by atoms with van der Waals surface area (Å²) < 4.78 is 13.6. The highest BCUT2D eigenvalue weighted by Crippen LogP contribution is 2.32. The highest BCUT2D eigenvalue weighted by Gasteiger charge is 2.28. The van der Waals surface area contributed by atoms with Crippen LogP contribution in [0.25, 0.3) is 5.69 Å². The summed E-state index contributed by atoms with van der Waals surface area (Å²) in [7, 11) is -0.984. The van der Waals surface area contributed by atoms with Crippen LogP contribution < -0.4 is 5.32 Å². The van der Waals surface area contributed by atoms with Crippen LogP contribution >= 0.6 is 11.6 Å². The van der Waals surface area contributed by atoms with Gasteiger partial charge in [-0.25, -0.2) is 4.68 Å². The monoisotopic (exact) mass is 385 g/mol. The summed E-state index contributed by atoms with van der Waals surface area (Å²) in [6.07, 6.45) is 0. The van der Waals surface area contributed by atoms with Gasteiger partial charge >= 0.3 is 0 Å². The number of hydrogen-bond donors (Lipinski definition) is 1. The highest BCUT2D eigenvalue weighted by molar-refractivity contribution is 7.83. The van der Waals surface area contributed by atoms with Gasteiger partial charge < -0.3 is 5.32 Å². The highest BCUT2D eigenvalue weighted by atomic mass is 35.5. The lowest BCUT2D eigenvalue weighted by atomic mass is 10.1. The third kappa shape index (κ3) is 3.06. The second kappa shape index (κ2) is 6.70. The lowest BCUT2D eigenvalue weighted by Crippen LogP contribution is -2.17. The summed E-state index contributed by atoms with van der Waals surface area (Å²) in [5.41, 5.74) is 3.81. The van der Waals surface area contributed by atoms with Crippen molar-refractivity contribution in [2.24, 2.45) is 0 Å². The summed E-state index contributed by atoms with van der Waals surface area (Å²) in [5.74, 6) is 1.13. The Morgan fingerprint density at radius 2 is 2.00 bits per heavy atom. The standard InChI is InChI=1S/C19H16ClN3O2S/c1-12-5-2-3-8-15(12)19(24)21-18-16-10-26(25)11-17(16)22-23(18)14-7-4-6-13(20)9-14/h2-9H,10-11H2,1H3,(H,21,24)/t26-/m0/s1. The molecule has 132 valence electrons. The van der Waals surface area contributed by atoms with Crippen molar-refractivity contribution in [2.75, 3.05) is 5.32 Å². The Bertz CT molecular complexity index is 1050. The Hall–Kier alpha value is -2.44. The van der Waals surface area contributed by atoms with Crippen LogP contribution in [0.4, 0.5) is 5.82 Å². The molecule has 2 heterocycles. The van der Waals surface area contributed by atoms with Crippen molar-refractivity contribution < 1.29 is 9.00 Å². The molecule has 1 aliphatic heterocycles. The van der Waals surface area contributed by atoms with E-state index in [1.165, 1.54) is 0 Å². The number of amides is 1. The molecule has 0 bridgehead atoms. The molecular weight excluding hydrogens is 370 g/mol. The fourth-order valence-electron chi connectivity index (χ4n) is 3.05. The maximum absolute atomic E-state index is 12.8. The average Bonchev–Trinajstić information content (AvgIpc) is 3.12. The van der Waals surface area contributed by atoms with Crippen LogP contribution in [0.15, 0.2) is 48.5 Å². The Labute approximate surface area is 158 Å². The number of nitrogens with zero attached hydrogens (tertiary/aromatic N) is 2. The molecule has 2 aromatic carbocycles. The summed E-state index contributed by atoms with van der Waals surface area (Å²) in [6.45, 7) is 1.89. The lowest BCUT2D eigenvalue weighted by molar-refractivity contribution is 0.102. The van der Waals surface area contributed by atoms with Crippen molar-refractivity contribution >= 4 is 34.1 Å². The molecule has 7 heteroatoms. The summed E-state index contributed by atoms with van der Waals surface area (Å²) in [6, 6.07) is 14.7. The molecule has 0 fully saturated rings. The molecule has 4 rings (SSSR count). The maximum Gasteiger partial charge on any atom is 0.257 e. The largest absolute Gasteiger partial charge is 0.306 e. The van der Waals surface area contributed by atoms with Gasteiger partial charge in [-0.15, -0.1) is 0 Å². The Balaban J connectivity index is 1.78. The fraction of sp³-hybridized carbons (Fsp3) is 0.158. The first-order valence-electron chi connectivity index (χ1n) is 8.11. The van der Waals surface area contributed by atoms with E-state index >= 15 is 0 Å². The second-order valence-corrected chi connectivity index (χ2v) is 8.06. The number of carbonyl (C=O) groups is 1. The molecule has 0 saturated carbocycles. The van der Waals surface area contributed by atoms with Gasteiger partial charge in [-0.05, 0) is 36.8 Å². The second-order valence-electron chi connectivity index (χ2n) is 6.16. The van der Waals surface area contributed by atoms with E-state index in [0.717, 1.165) is 22.5 Å². The molecular formula is C19H16ClN3O2S. The summed E-state index contributed by atoms with van der Waals surface area (Å²) >= 11 is 6.11. The van der Waals surface area contributed by atoms with Crippen molar-refractivity contribution in [3.8, 4) is 5.69 Å². The SMILES string of the molecule is Cc1ccccc1C(=O)Nc1c2c(nn1-c1cccc(Cl)c1)C[S@@](=O)C2. The lowest BCUT2D eigenvalue weighted by Gasteiger charge is -2.12. The maximum atomic E-state index is 12.8. The van der Waals surface area contributed by atoms with E-state index in [1.807, 2.05) is 37.3 Å². The minimum Gasteiger partial charge on any atom is -0.306 e. The van der Waals surface area contributed by atoms with Gasteiger partial charge in [-0.1, -0.05) is 35.9 Å². The Morgan fingerprint density at radius 3 is 2.77 bits per heavy atom. The van der Waals surface area contributed by atoms with E-state index in [4.69, 9.17) is 11.6 Å². The zero-order valence-electron chi connectivity index (χ0n) is 14.0. The number of hydrogen-bond acceptors (Lipinski definition) is 3. The van der Waals surface area contributed by atoms with E-state index in [0.29, 0.717) is 27.9 Å². The van der Waals surface area contributed by atoms with Crippen LogP contribution in [0.2, 0.25) is 5.02 Å². The van der Waals surface area contributed by atoms with E-state index in [-0.39, 0.29) is 5.91 Å². The van der Waals surface area contributed by atoms with Gasteiger partial charge in [-0.3, -0.25) is 9.00 Å². The molecule has 0 radical (unpaired) electrons. The molecule has 0 spiro atoms. The van der Waals surface area contributed by atoms with Gasteiger partial charge in [0.1, 0.15) is 5.82 Å². The van der Waals surface area contributed by atoms with Gasteiger partial charge in [0.05, 0.1) is 22.9 Å². The number of anilines is 1. The minimum absolute atomic E-state index is 0.216. The predicted octanol–water partition coefficient (Wildman–Crippen LogP) is 3.85. The summed E-state index contributed by atoms with van der Waals surface area (Å²) in [5, 5.41) is 8.12. The van der Waals surface area contributed by atoms with Crippen molar-refractivity contribution in [3.05, 3.63) is 75.9 Å². The molecule has 1 aliphatic rings. The van der Waals surface area contributed by atoms with Gasteiger partial charge in [0.2, 0.25) is 0 Å². The molecule has 5 nitrogen and oxygen atoms in total. The summed E-state index contributed by atoms with van der Waals surface area (Å²) in [4.78, 5) is 12.8. The fourth-order valence-corrected chi connectivity index (χ4v) is 4.50. The number of aromatic nitrogens is 2. The van der Waals surface area contributed by atoms with Gasteiger partial charge in [0, 0.05) is 26.9 Å². The van der Waals surface area contributed by atoms with Crippen LogP contribution in [0.3, 0.4) is 0 Å². The Morgan fingerprint density at radius 1 is 1.19 bits per heavy atom. The number of benzene rings is 2. The van der Waals surface area contributed by atoms with Crippen LogP contribution in [0.5, 0.6) is 0 Å². The third-order valence-corrected chi connectivity index (χ3v) is 5.79. The molecule has 3 aromatic rings. The van der Waals surface area contributed by atoms with Gasteiger partial charge in [0.15, 0.2) is 0 Å². The van der Waals surface area contributed by atoms with Crippen LogP contribution in [0, 0.1) is 6.92 Å². The Kier molecular flexibility index (Phi) is 4.38. The zero-order valence-corrected chi connectivity index (χ0v) is 15.6. The predicted molar refractivity (Wildman–Crippen MR) is 103 cm³/mol. The molecule has 1 aromatic heterocycles. The van der Waals surface area contributed by atoms with E-state index in [1.54, 1.807) is 22.9 Å². The topological polar surface area (TPSA) is 64.0 Å². The molecule has 0 saturated heterocycles. The van der Waals surface area contributed by atoms with Crippen molar-refractivity contribution in [2.45, 2.75) is 18.4 Å². The van der Waals surface area contributed by atoms with E-state index < -0.39 is 10.8 Å². The zero-order chi connectivity index (χ0) is 18.3. The van der Waals surface area contributed by atoms with Crippen molar-refractivity contribution in [3.63, 3.8) is 0 Å². The van der Waals surface area contributed by atoms with Crippen LogP contribution in [-0.2, 0) is 22.3 Å². The number of aryl methyl sites for hydroxylation is 1. The van der Waals surface area contributed by atoms with Gasteiger partial charge in [-0.2, -0.15) is 5.10 Å². The quantitative estimate of drug-likeness (QED) is 0.744. The average molecular weight is 386 g/mol. The van der Waals surface area contributed by atoms with Gasteiger partial charge in [0.25, 0.3) is 5.91 Å². The van der Waals surface area contributed by atoms with Crippen molar-refractivity contribution in [1.82, 2.24) is 9.78 Å². The van der Waals surface area contributed by atoms with Crippen LogP contribution in [-0.4, -0.2) is 19.9 Å². The number of rotatable bonds is 3. The smallest absolute Gasteiger partial charge is 0.257 e. The molecule has 26 heavy (non-hydrogen) atoms. The molecule has 1 N–H and O–H groups in total. The number of nitrogens with one attached hydrogen (secondary N) is 1. The molecule has 1 amide bonds. The van der Waals surface area contributed by atoms with Crippen molar-refractivity contribution in [1.29, 1.82) is 0 Å². The van der Waals surface area contributed by atoms with E-state index in [2.05, 4.69) is 10.4 Å². The first kappa shape index (κ1) is 17.0. The third-order valence-electron chi connectivity index (χ3n) is 4.34. The van der Waals surface area contributed by atoms with E-state index in [9.17, 15) is 9.00 Å². The first-order valence-corrected chi connectivity index (χ1v) is 9.98. The molecule has 0 unspecified atom stereocenters. The molecule has 0 aliphatic carbocycles. The first-order chi connectivity index (χ1) is 12.5. The number of carbonyl (C=O) groups excluding carboxylic acids is 1. The number of halogens is 1.